The van der Waals surface area contributed by atoms with Gasteiger partial charge in [-0.1, -0.05) is 30.2 Å². The molecule has 4 rings (SSSR count). The molecule has 174 valence electrons. The molecule has 1 aromatic heterocycles. The summed E-state index contributed by atoms with van der Waals surface area (Å²) < 4.78 is 7.39. The van der Waals surface area contributed by atoms with Gasteiger partial charge in [-0.25, -0.2) is 4.68 Å². The largest absolute Gasteiger partial charge is 0.383 e. The molecule has 2 fully saturated rings. The van der Waals surface area contributed by atoms with E-state index in [4.69, 9.17) is 21.3 Å². The second-order valence-electron chi connectivity index (χ2n) is 9.05. The summed E-state index contributed by atoms with van der Waals surface area (Å²) in [6.45, 7) is 7.69. The quantitative estimate of drug-likeness (QED) is 0.658. The number of primary amides is 1. The van der Waals surface area contributed by atoms with Crippen LogP contribution < -0.4 is 11.5 Å². The number of amides is 2. The summed E-state index contributed by atoms with van der Waals surface area (Å²) in [4.78, 5) is 26.2. The minimum atomic E-state index is -0.592. The van der Waals surface area contributed by atoms with Gasteiger partial charge >= 0.3 is 0 Å². The first-order valence-corrected chi connectivity index (χ1v) is 11.4. The fourth-order valence-electron chi connectivity index (χ4n) is 5.17. The second-order valence-corrected chi connectivity index (χ2v) is 9.05. The zero-order chi connectivity index (χ0) is 23.8. The van der Waals surface area contributed by atoms with E-state index in [0.29, 0.717) is 24.7 Å². The van der Waals surface area contributed by atoms with Crippen LogP contribution in [0, 0.1) is 17.3 Å². The number of likely N-dealkylation sites (tertiary alicyclic amines) is 1. The van der Waals surface area contributed by atoms with Crippen LogP contribution in [0.15, 0.2) is 24.3 Å². The average Bonchev–Trinajstić information content (AvgIpc) is 3.35. The molecule has 1 unspecified atom stereocenters. The predicted molar refractivity (Wildman–Crippen MR) is 126 cm³/mol. The highest BCUT2D eigenvalue weighted by Gasteiger charge is 2.51. The lowest BCUT2D eigenvalue weighted by atomic mass is 9.65. The predicted octanol–water partition coefficient (Wildman–Crippen LogP) is 2.91. The maximum Gasteiger partial charge on any atom is 0.298 e. The van der Waals surface area contributed by atoms with Crippen LogP contribution in [0.3, 0.4) is 0 Å². The Balaban J connectivity index is 1.55. The highest BCUT2D eigenvalue weighted by molar-refractivity contribution is 6.03. The minimum absolute atomic E-state index is 0.0189. The molecule has 2 aromatic rings. The molecule has 1 saturated carbocycles. The molecular weight excluding hydrogens is 418 g/mol. The number of hydrogen-bond acceptors (Lipinski definition) is 5. The average molecular weight is 450 g/mol. The number of anilines is 1. The van der Waals surface area contributed by atoms with E-state index in [2.05, 4.69) is 11.8 Å². The van der Waals surface area contributed by atoms with E-state index in [1.807, 2.05) is 43.0 Å². The number of carbonyl (C=O) groups is 2. The summed E-state index contributed by atoms with van der Waals surface area (Å²) in [6, 6.07) is 7.84. The van der Waals surface area contributed by atoms with Crippen molar-refractivity contribution in [2.45, 2.75) is 52.2 Å². The van der Waals surface area contributed by atoms with E-state index in [-0.39, 0.29) is 29.0 Å². The summed E-state index contributed by atoms with van der Waals surface area (Å²) in [7, 11) is 0. The van der Waals surface area contributed by atoms with Gasteiger partial charge < -0.3 is 21.1 Å². The molecular formula is C25H31N5O3. The smallest absolute Gasteiger partial charge is 0.298 e. The maximum atomic E-state index is 12.3. The van der Waals surface area contributed by atoms with Gasteiger partial charge in [-0.15, -0.1) is 0 Å². The van der Waals surface area contributed by atoms with E-state index < -0.39 is 5.91 Å². The number of nitrogens with two attached hydrogens (primary N) is 2. The summed E-state index contributed by atoms with van der Waals surface area (Å²) in [6.07, 6.45) is 2.63. The van der Waals surface area contributed by atoms with Crippen LogP contribution in [0.1, 0.15) is 68.1 Å². The van der Waals surface area contributed by atoms with Crippen LogP contribution in [-0.2, 0) is 9.53 Å². The third kappa shape index (κ3) is 4.21. The standard InChI is InChI=1S/C25H31N5O3/c1-4-6-20(31)29-12-11-25(15-29)13-19(14-25)30-23(26)21(24(27)32)22(28-30)18-9-7-17(8-10-18)16(3)33-5-2/h7-10,16,19H,5,11-15,26H2,1-3H3,(H2,27,32)/t16?,19-,25-. The molecule has 2 aliphatic rings. The normalized spacial score (nSPS) is 22.5. The SMILES string of the molecule is CC#CC(=O)N1CC[C@]2(C1)C[C@H](n1nc(-c3ccc(C(C)OCC)cc3)c(C(N)=O)c1N)C2. The van der Waals surface area contributed by atoms with Crippen LogP contribution in [0.5, 0.6) is 0 Å². The lowest BCUT2D eigenvalue weighted by molar-refractivity contribution is -0.125. The molecule has 0 radical (unpaired) electrons. The number of hydrogen-bond donors (Lipinski definition) is 2. The van der Waals surface area contributed by atoms with Crippen LogP contribution >= 0.6 is 0 Å². The Morgan fingerprint density at radius 1 is 1.30 bits per heavy atom. The van der Waals surface area contributed by atoms with E-state index in [1.165, 1.54) is 0 Å². The Morgan fingerprint density at radius 2 is 2.00 bits per heavy atom. The molecule has 1 aromatic carbocycles. The topological polar surface area (TPSA) is 116 Å². The maximum absolute atomic E-state index is 12.3. The summed E-state index contributed by atoms with van der Waals surface area (Å²) in [5.74, 6) is 4.89. The van der Waals surface area contributed by atoms with Gasteiger partial charge in [0.05, 0.1) is 12.1 Å². The number of benzene rings is 1. The van der Waals surface area contributed by atoms with Gasteiger partial charge in [0, 0.05) is 25.3 Å². The molecule has 1 atom stereocenters. The Hall–Kier alpha value is -3.31. The lowest BCUT2D eigenvalue weighted by Crippen LogP contribution is -2.42. The fourth-order valence-corrected chi connectivity index (χ4v) is 5.17. The van der Waals surface area contributed by atoms with Crippen molar-refractivity contribution in [1.29, 1.82) is 0 Å². The molecule has 1 spiro atoms. The van der Waals surface area contributed by atoms with E-state index in [1.54, 1.807) is 11.6 Å². The number of rotatable bonds is 6. The van der Waals surface area contributed by atoms with Gasteiger partial charge in [0.2, 0.25) is 0 Å². The van der Waals surface area contributed by atoms with Crippen molar-refractivity contribution in [3.8, 4) is 23.1 Å². The summed E-state index contributed by atoms with van der Waals surface area (Å²) in [5.41, 5.74) is 14.7. The van der Waals surface area contributed by atoms with Crippen LogP contribution in [0.25, 0.3) is 11.3 Å². The molecule has 1 aliphatic carbocycles. The molecule has 8 nitrogen and oxygen atoms in total. The molecule has 1 saturated heterocycles. The number of aromatic nitrogens is 2. The van der Waals surface area contributed by atoms with Gasteiger partial charge in [-0.2, -0.15) is 5.10 Å². The first kappa shape index (κ1) is 22.9. The third-order valence-corrected chi connectivity index (χ3v) is 6.90. The van der Waals surface area contributed by atoms with Gasteiger partial charge in [-0.3, -0.25) is 9.59 Å². The van der Waals surface area contributed by atoms with Crippen molar-refractivity contribution < 1.29 is 14.3 Å². The highest BCUT2D eigenvalue weighted by Crippen LogP contribution is 2.54. The molecule has 4 N–H and O–H groups in total. The first-order chi connectivity index (χ1) is 15.8. The number of ether oxygens (including phenoxy) is 1. The Kier molecular flexibility index (Phi) is 6.17. The molecule has 0 bridgehead atoms. The second kappa shape index (κ2) is 8.91. The van der Waals surface area contributed by atoms with Crippen molar-refractivity contribution in [3.05, 3.63) is 35.4 Å². The summed E-state index contributed by atoms with van der Waals surface area (Å²) >= 11 is 0. The molecule has 33 heavy (non-hydrogen) atoms. The minimum Gasteiger partial charge on any atom is -0.383 e. The Morgan fingerprint density at radius 3 is 2.61 bits per heavy atom. The fraction of sp³-hybridized carbons (Fsp3) is 0.480. The van der Waals surface area contributed by atoms with Gasteiger partial charge in [0.25, 0.3) is 11.8 Å². The van der Waals surface area contributed by atoms with Crippen LogP contribution in [0.2, 0.25) is 0 Å². The number of carbonyl (C=O) groups excluding carboxylic acids is 2. The van der Waals surface area contributed by atoms with Crippen LogP contribution in [-0.4, -0.2) is 46.2 Å². The number of nitrogens with zero attached hydrogens (tertiary/aromatic N) is 3. The molecule has 8 heteroatoms. The van der Waals surface area contributed by atoms with Gasteiger partial charge in [0.15, 0.2) is 0 Å². The van der Waals surface area contributed by atoms with Crippen molar-refractivity contribution in [1.82, 2.24) is 14.7 Å². The summed E-state index contributed by atoms with van der Waals surface area (Å²) in [5, 5.41) is 4.73. The van der Waals surface area contributed by atoms with E-state index >= 15 is 0 Å². The molecule has 2 heterocycles. The van der Waals surface area contributed by atoms with Crippen molar-refractivity contribution >= 4 is 17.6 Å². The van der Waals surface area contributed by atoms with Crippen molar-refractivity contribution in [2.75, 3.05) is 25.4 Å². The zero-order valence-corrected chi connectivity index (χ0v) is 19.4. The third-order valence-electron chi connectivity index (χ3n) is 6.90. The van der Waals surface area contributed by atoms with Crippen LogP contribution in [0.4, 0.5) is 5.82 Å². The number of nitrogen functional groups attached to an aromatic ring is 1. The van der Waals surface area contributed by atoms with E-state index in [0.717, 1.165) is 36.9 Å². The first-order valence-electron chi connectivity index (χ1n) is 11.4. The Labute approximate surface area is 194 Å². The monoisotopic (exact) mass is 449 g/mol. The molecule has 2 amide bonds. The van der Waals surface area contributed by atoms with E-state index in [9.17, 15) is 9.59 Å². The van der Waals surface area contributed by atoms with Crippen molar-refractivity contribution in [3.63, 3.8) is 0 Å². The lowest BCUT2D eigenvalue weighted by Gasteiger charge is -2.45. The Bertz CT molecular complexity index is 1120. The highest BCUT2D eigenvalue weighted by atomic mass is 16.5. The van der Waals surface area contributed by atoms with Gasteiger partial charge in [-0.05, 0) is 56.9 Å². The van der Waals surface area contributed by atoms with Gasteiger partial charge in [0.1, 0.15) is 17.1 Å². The van der Waals surface area contributed by atoms with Crippen molar-refractivity contribution in [2.24, 2.45) is 11.1 Å². The molecule has 1 aliphatic heterocycles. The zero-order valence-electron chi connectivity index (χ0n) is 19.4.